The highest BCUT2D eigenvalue weighted by Gasteiger charge is 2.26. The van der Waals surface area contributed by atoms with Crippen LogP contribution in [-0.4, -0.2) is 28.3 Å². The predicted octanol–water partition coefficient (Wildman–Crippen LogP) is 3.28. The van der Waals surface area contributed by atoms with E-state index in [2.05, 4.69) is 4.98 Å². The van der Waals surface area contributed by atoms with Crippen LogP contribution in [0.4, 0.5) is 5.69 Å². The molecule has 0 aliphatic rings. The molecule has 0 bridgehead atoms. The Morgan fingerprint density at radius 1 is 1.30 bits per heavy atom. The first-order valence-corrected chi connectivity index (χ1v) is 7.02. The summed E-state index contributed by atoms with van der Waals surface area (Å²) in [5.41, 5.74) is 1.55. The van der Waals surface area contributed by atoms with Crippen LogP contribution in [0.15, 0.2) is 24.3 Å². The van der Waals surface area contributed by atoms with Crippen molar-refractivity contribution in [2.45, 2.75) is 20.8 Å². The molecule has 1 N–H and O–H groups in total. The number of aromatic amines is 1. The maximum atomic E-state index is 12.3. The molecule has 0 radical (unpaired) electrons. The Morgan fingerprint density at radius 3 is 2.57 bits per heavy atom. The monoisotopic (exact) mass is 316 g/mol. The molecule has 0 atom stereocenters. The van der Waals surface area contributed by atoms with Crippen LogP contribution >= 0.6 is 0 Å². The fourth-order valence-electron chi connectivity index (χ4n) is 2.46. The number of nitrogens with one attached hydrogen (secondary N) is 1. The van der Waals surface area contributed by atoms with E-state index in [1.165, 1.54) is 25.1 Å². The molecule has 1 heterocycles. The first kappa shape index (κ1) is 16.4. The Labute approximate surface area is 132 Å². The van der Waals surface area contributed by atoms with Crippen LogP contribution in [0.3, 0.4) is 0 Å². The predicted molar refractivity (Wildman–Crippen MR) is 83.6 cm³/mol. The number of hydrogen-bond donors (Lipinski definition) is 1. The van der Waals surface area contributed by atoms with Crippen LogP contribution in [0.25, 0.3) is 11.3 Å². The normalized spacial score (nSPS) is 10.4. The van der Waals surface area contributed by atoms with Gasteiger partial charge in [-0.25, -0.2) is 4.79 Å². The van der Waals surface area contributed by atoms with Gasteiger partial charge in [0.25, 0.3) is 5.69 Å². The number of aryl methyl sites for hydroxylation is 1. The molecule has 1 aromatic heterocycles. The zero-order chi connectivity index (χ0) is 17.1. The third-order valence-electron chi connectivity index (χ3n) is 3.36. The van der Waals surface area contributed by atoms with E-state index in [9.17, 15) is 19.7 Å². The number of Topliss-reactive ketones (excluding diaryl/α,β-unsaturated/α-hetero) is 1. The summed E-state index contributed by atoms with van der Waals surface area (Å²) in [5, 5.41) is 10.9. The van der Waals surface area contributed by atoms with Gasteiger partial charge in [-0.05, 0) is 20.8 Å². The molecule has 0 spiro atoms. The summed E-state index contributed by atoms with van der Waals surface area (Å²) >= 11 is 0. The molecule has 2 rings (SSSR count). The summed E-state index contributed by atoms with van der Waals surface area (Å²) in [7, 11) is 0. The van der Waals surface area contributed by atoms with Gasteiger partial charge in [0.2, 0.25) is 0 Å². The Kier molecular flexibility index (Phi) is 4.59. The third kappa shape index (κ3) is 3.13. The highest BCUT2D eigenvalue weighted by atomic mass is 16.6. The van der Waals surface area contributed by atoms with Crippen LogP contribution in [-0.2, 0) is 4.74 Å². The highest BCUT2D eigenvalue weighted by Crippen LogP contribution is 2.31. The molecule has 2 aromatic rings. The average Bonchev–Trinajstić information content (AvgIpc) is 2.85. The molecule has 1 aromatic carbocycles. The van der Waals surface area contributed by atoms with Gasteiger partial charge in [-0.2, -0.15) is 0 Å². The number of nitro groups is 1. The van der Waals surface area contributed by atoms with Gasteiger partial charge in [0.1, 0.15) is 0 Å². The van der Waals surface area contributed by atoms with Gasteiger partial charge in [0, 0.05) is 23.4 Å². The van der Waals surface area contributed by atoms with Crippen molar-refractivity contribution in [2.75, 3.05) is 6.61 Å². The topological polar surface area (TPSA) is 102 Å². The second kappa shape index (κ2) is 6.43. The van der Waals surface area contributed by atoms with Crippen molar-refractivity contribution in [1.82, 2.24) is 4.98 Å². The minimum Gasteiger partial charge on any atom is -0.462 e. The van der Waals surface area contributed by atoms with Crippen molar-refractivity contribution in [3.8, 4) is 11.3 Å². The number of rotatable bonds is 5. The quantitative estimate of drug-likeness (QED) is 0.394. The fraction of sp³-hybridized carbons (Fsp3) is 0.250. The van der Waals surface area contributed by atoms with E-state index in [0.717, 1.165) is 0 Å². The van der Waals surface area contributed by atoms with Gasteiger partial charge in [0.05, 0.1) is 28.4 Å². The minimum absolute atomic E-state index is 0.103. The highest BCUT2D eigenvalue weighted by molar-refractivity contribution is 6.10. The van der Waals surface area contributed by atoms with Gasteiger partial charge in [-0.3, -0.25) is 14.9 Å². The SMILES string of the molecule is CCOC(=O)c1c(-c2cccc([N+](=O)[O-])c2)[nH]c(C)c1C(C)=O. The molecule has 0 unspecified atom stereocenters. The second-order valence-corrected chi connectivity index (χ2v) is 4.96. The van der Waals surface area contributed by atoms with Crippen molar-refractivity contribution in [3.05, 3.63) is 51.2 Å². The molecule has 120 valence electrons. The van der Waals surface area contributed by atoms with E-state index < -0.39 is 10.9 Å². The number of esters is 1. The van der Waals surface area contributed by atoms with Crippen LogP contribution in [0.5, 0.6) is 0 Å². The third-order valence-corrected chi connectivity index (χ3v) is 3.36. The minimum atomic E-state index is -0.636. The standard InChI is InChI=1S/C16H16N2O5/c1-4-23-16(20)14-13(10(3)19)9(2)17-15(14)11-6-5-7-12(8-11)18(21)22/h5-8,17H,4H2,1-3H3. The summed E-state index contributed by atoms with van der Waals surface area (Å²) in [5.74, 6) is -0.915. The van der Waals surface area contributed by atoms with Gasteiger partial charge in [-0.15, -0.1) is 0 Å². The number of ketones is 1. The molecular weight excluding hydrogens is 300 g/mol. The van der Waals surface area contributed by atoms with Crippen molar-refractivity contribution in [3.63, 3.8) is 0 Å². The number of non-ortho nitro benzene ring substituents is 1. The Bertz CT molecular complexity index is 792. The van der Waals surface area contributed by atoms with Gasteiger partial charge >= 0.3 is 5.97 Å². The molecule has 7 nitrogen and oxygen atoms in total. The molecular formula is C16H16N2O5. The zero-order valence-corrected chi connectivity index (χ0v) is 13.0. The Hall–Kier alpha value is -2.96. The maximum Gasteiger partial charge on any atom is 0.341 e. The lowest BCUT2D eigenvalue weighted by atomic mass is 10.0. The first-order valence-electron chi connectivity index (χ1n) is 7.02. The second-order valence-electron chi connectivity index (χ2n) is 4.96. The Balaban J connectivity index is 2.69. The van der Waals surface area contributed by atoms with Crippen LogP contribution in [0.1, 0.15) is 40.3 Å². The molecule has 0 aliphatic carbocycles. The number of nitro benzene ring substituents is 1. The van der Waals surface area contributed by atoms with E-state index in [0.29, 0.717) is 17.0 Å². The van der Waals surface area contributed by atoms with Crippen molar-refractivity contribution < 1.29 is 19.2 Å². The van der Waals surface area contributed by atoms with Gasteiger partial charge in [0.15, 0.2) is 5.78 Å². The number of nitrogens with zero attached hydrogens (tertiary/aromatic N) is 1. The lowest BCUT2D eigenvalue weighted by Crippen LogP contribution is -2.10. The summed E-state index contributed by atoms with van der Waals surface area (Å²) in [6.07, 6.45) is 0. The van der Waals surface area contributed by atoms with Gasteiger partial charge in [-0.1, -0.05) is 12.1 Å². The number of carbonyl (C=O) groups is 2. The maximum absolute atomic E-state index is 12.3. The number of hydrogen-bond acceptors (Lipinski definition) is 5. The van der Waals surface area contributed by atoms with Crippen molar-refractivity contribution in [2.24, 2.45) is 0 Å². The summed E-state index contributed by atoms with van der Waals surface area (Å²) in [4.78, 5) is 37.5. The Morgan fingerprint density at radius 2 is 2.00 bits per heavy atom. The summed E-state index contributed by atoms with van der Waals surface area (Å²) in [6.45, 7) is 4.85. The average molecular weight is 316 g/mol. The van der Waals surface area contributed by atoms with E-state index in [1.54, 1.807) is 19.9 Å². The van der Waals surface area contributed by atoms with E-state index in [1.807, 2.05) is 0 Å². The molecule has 0 fully saturated rings. The number of H-pyrrole nitrogens is 1. The number of benzene rings is 1. The molecule has 23 heavy (non-hydrogen) atoms. The first-order chi connectivity index (χ1) is 10.9. The van der Waals surface area contributed by atoms with Crippen molar-refractivity contribution >= 4 is 17.4 Å². The lowest BCUT2D eigenvalue weighted by Gasteiger charge is -2.06. The molecule has 0 saturated heterocycles. The molecule has 0 amide bonds. The van der Waals surface area contributed by atoms with Crippen LogP contribution in [0, 0.1) is 17.0 Å². The van der Waals surface area contributed by atoms with E-state index in [-0.39, 0.29) is 29.2 Å². The summed E-state index contributed by atoms with van der Waals surface area (Å²) < 4.78 is 5.03. The molecule has 0 aliphatic heterocycles. The molecule has 7 heteroatoms. The number of carbonyl (C=O) groups excluding carboxylic acids is 2. The van der Waals surface area contributed by atoms with E-state index in [4.69, 9.17) is 4.74 Å². The number of aromatic nitrogens is 1. The largest absolute Gasteiger partial charge is 0.462 e. The lowest BCUT2D eigenvalue weighted by molar-refractivity contribution is -0.384. The number of ether oxygens (including phenoxy) is 1. The van der Waals surface area contributed by atoms with E-state index >= 15 is 0 Å². The zero-order valence-electron chi connectivity index (χ0n) is 13.0. The van der Waals surface area contributed by atoms with Crippen LogP contribution in [0.2, 0.25) is 0 Å². The molecule has 0 saturated carbocycles. The summed E-state index contributed by atoms with van der Waals surface area (Å²) in [6, 6.07) is 5.85. The van der Waals surface area contributed by atoms with Crippen molar-refractivity contribution in [1.29, 1.82) is 0 Å². The van der Waals surface area contributed by atoms with Gasteiger partial charge < -0.3 is 9.72 Å². The fourth-order valence-corrected chi connectivity index (χ4v) is 2.46. The van der Waals surface area contributed by atoms with Crippen LogP contribution < -0.4 is 0 Å². The smallest absolute Gasteiger partial charge is 0.341 e.